The van der Waals surface area contributed by atoms with E-state index in [1.807, 2.05) is 24.3 Å². The molecule has 0 unspecified atom stereocenters. The van der Waals surface area contributed by atoms with E-state index in [2.05, 4.69) is 0 Å². The van der Waals surface area contributed by atoms with Crippen molar-refractivity contribution in [1.82, 2.24) is 9.55 Å². The molecule has 0 aliphatic heterocycles. The van der Waals surface area contributed by atoms with E-state index >= 15 is 0 Å². The first-order valence-electron chi connectivity index (χ1n) is 10.7. The van der Waals surface area contributed by atoms with Crippen molar-refractivity contribution in [3.8, 4) is 28.7 Å². The first-order valence-corrected chi connectivity index (χ1v) is 11.7. The van der Waals surface area contributed by atoms with E-state index in [9.17, 15) is 14.9 Å². The zero-order valence-corrected chi connectivity index (χ0v) is 20.8. The third-order valence-corrected chi connectivity index (χ3v) is 6.49. The van der Waals surface area contributed by atoms with E-state index in [-0.39, 0.29) is 16.8 Å². The Hall–Kier alpha value is -4.25. The summed E-state index contributed by atoms with van der Waals surface area (Å²) in [6.45, 7) is 0. The Bertz CT molecular complexity index is 1490. The van der Waals surface area contributed by atoms with E-state index in [1.54, 1.807) is 13.2 Å². The van der Waals surface area contributed by atoms with Crippen molar-refractivity contribution < 1.29 is 23.9 Å². The van der Waals surface area contributed by atoms with Crippen molar-refractivity contribution in [2.75, 3.05) is 28.4 Å². The van der Waals surface area contributed by atoms with Gasteiger partial charge in [-0.1, -0.05) is 30.0 Å². The molecule has 0 spiro atoms. The molecular formula is C25H23N3O7S. The lowest BCUT2D eigenvalue weighted by Crippen LogP contribution is -2.22. The van der Waals surface area contributed by atoms with Crippen LogP contribution < -0.4 is 24.5 Å². The fourth-order valence-electron chi connectivity index (χ4n) is 3.78. The van der Waals surface area contributed by atoms with Crippen molar-refractivity contribution in [2.24, 2.45) is 0 Å². The Kier molecular flexibility index (Phi) is 7.30. The van der Waals surface area contributed by atoms with Gasteiger partial charge in [0, 0.05) is 23.4 Å². The van der Waals surface area contributed by atoms with E-state index in [1.165, 1.54) is 61.9 Å². The smallest absolute Gasteiger partial charge is 0.269 e. The number of fused-ring (bicyclic) bond motifs is 1. The summed E-state index contributed by atoms with van der Waals surface area (Å²) in [5.74, 6) is 2.04. The number of nitrogens with zero attached hydrogens (tertiary/aromatic N) is 3. The van der Waals surface area contributed by atoms with Gasteiger partial charge >= 0.3 is 0 Å². The van der Waals surface area contributed by atoms with Crippen LogP contribution >= 0.6 is 11.8 Å². The Morgan fingerprint density at radius 2 is 1.58 bits per heavy atom. The van der Waals surface area contributed by atoms with Crippen LogP contribution in [0.5, 0.6) is 23.0 Å². The molecule has 186 valence electrons. The molecule has 0 amide bonds. The molecule has 3 aromatic carbocycles. The maximum atomic E-state index is 13.8. The maximum Gasteiger partial charge on any atom is 0.269 e. The van der Waals surface area contributed by atoms with Crippen LogP contribution in [0, 0.1) is 10.1 Å². The van der Waals surface area contributed by atoms with Crippen LogP contribution in [0.4, 0.5) is 5.69 Å². The Morgan fingerprint density at radius 3 is 2.19 bits per heavy atom. The van der Waals surface area contributed by atoms with Crippen molar-refractivity contribution in [2.45, 2.75) is 10.9 Å². The second-order valence-electron chi connectivity index (χ2n) is 7.45. The lowest BCUT2D eigenvalue weighted by atomic mass is 10.2. The normalized spacial score (nSPS) is 10.8. The number of hydrogen-bond acceptors (Lipinski definition) is 9. The molecule has 0 fully saturated rings. The van der Waals surface area contributed by atoms with E-state index < -0.39 is 10.5 Å². The predicted molar refractivity (Wildman–Crippen MR) is 136 cm³/mol. The van der Waals surface area contributed by atoms with Gasteiger partial charge in [-0.2, -0.15) is 0 Å². The van der Waals surface area contributed by atoms with E-state index in [0.717, 1.165) is 5.56 Å². The summed E-state index contributed by atoms with van der Waals surface area (Å²) in [5.41, 5.74) is 1.17. The summed E-state index contributed by atoms with van der Waals surface area (Å²) in [7, 11) is 5.99. The molecule has 0 bridgehead atoms. The van der Waals surface area contributed by atoms with Crippen molar-refractivity contribution in [3.05, 3.63) is 80.6 Å². The van der Waals surface area contributed by atoms with Gasteiger partial charge in [-0.3, -0.25) is 19.5 Å². The summed E-state index contributed by atoms with van der Waals surface area (Å²) < 4.78 is 23.3. The van der Waals surface area contributed by atoms with Gasteiger partial charge < -0.3 is 18.9 Å². The number of ether oxygens (including phenoxy) is 4. The standard InChI is InChI=1S/C25H23N3O7S/c1-32-19-8-6-5-7-15(19)14-36-25-26-21-18(13-20(33-2)22(34-3)23(21)35-4)24(29)27(25)16-9-11-17(12-10-16)28(30)31/h5-13H,14H2,1-4H3. The van der Waals surface area contributed by atoms with Crippen LogP contribution in [0.3, 0.4) is 0 Å². The van der Waals surface area contributed by atoms with Crippen molar-refractivity contribution >= 4 is 28.4 Å². The van der Waals surface area contributed by atoms with Crippen LogP contribution in [-0.4, -0.2) is 42.9 Å². The van der Waals surface area contributed by atoms with E-state index in [0.29, 0.717) is 39.4 Å². The minimum Gasteiger partial charge on any atom is -0.496 e. The highest BCUT2D eigenvalue weighted by atomic mass is 32.2. The van der Waals surface area contributed by atoms with E-state index in [4.69, 9.17) is 23.9 Å². The molecule has 0 atom stereocenters. The minimum atomic E-state index is -0.495. The second-order valence-corrected chi connectivity index (χ2v) is 8.39. The topological polar surface area (TPSA) is 115 Å². The highest BCUT2D eigenvalue weighted by molar-refractivity contribution is 7.98. The molecule has 0 aliphatic carbocycles. The largest absolute Gasteiger partial charge is 0.496 e. The predicted octanol–water partition coefficient (Wildman–Crippen LogP) is 4.62. The summed E-state index contributed by atoms with van der Waals surface area (Å²) in [5, 5.41) is 11.7. The van der Waals surface area contributed by atoms with Gasteiger partial charge in [-0.05, 0) is 24.3 Å². The van der Waals surface area contributed by atoms with Gasteiger partial charge in [0.1, 0.15) is 11.3 Å². The number of nitro groups is 1. The van der Waals surface area contributed by atoms with Crippen LogP contribution in [0.2, 0.25) is 0 Å². The van der Waals surface area contributed by atoms with Gasteiger partial charge in [-0.25, -0.2) is 4.98 Å². The lowest BCUT2D eigenvalue weighted by Gasteiger charge is -2.17. The van der Waals surface area contributed by atoms with Gasteiger partial charge in [0.05, 0.1) is 44.4 Å². The highest BCUT2D eigenvalue weighted by Crippen LogP contribution is 2.42. The summed E-state index contributed by atoms with van der Waals surface area (Å²) in [6, 6.07) is 14.8. The highest BCUT2D eigenvalue weighted by Gasteiger charge is 2.23. The number of rotatable bonds is 9. The van der Waals surface area contributed by atoms with Gasteiger partial charge in [0.15, 0.2) is 16.7 Å². The molecule has 36 heavy (non-hydrogen) atoms. The quantitative estimate of drug-likeness (QED) is 0.138. The van der Waals surface area contributed by atoms with Gasteiger partial charge in [0.2, 0.25) is 5.75 Å². The van der Waals surface area contributed by atoms with Crippen LogP contribution in [0.1, 0.15) is 5.56 Å². The third-order valence-electron chi connectivity index (χ3n) is 5.50. The molecule has 1 heterocycles. The van der Waals surface area contributed by atoms with Crippen LogP contribution in [0.25, 0.3) is 16.6 Å². The van der Waals surface area contributed by atoms with Crippen molar-refractivity contribution in [1.29, 1.82) is 0 Å². The molecule has 0 aliphatic rings. The maximum absolute atomic E-state index is 13.8. The fourth-order valence-corrected chi connectivity index (χ4v) is 4.78. The molecular weight excluding hydrogens is 486 g/mol. The van der Waals surface area contributed by atoms with Crippen LogP contribution in [-0.2, 0) is 5.75 Å². The number of methoxy groups -OCH3 is 4. The number of thioether (sulfide) groups is 1. The first kappa shape index (κ1) is 24.9. The molecule has 10 nitrogen and oxygen atoms in total. The van der Waals surface area contributed by atoms with Gasteiger partial charge in [-0.15, -0.1) is 0 Å². The summed E-state index contributed by atoms with van der Waals surface area (Å²) in [4.78, 5) is 29.3. The minimum absolute atomic E-state index is 0.0863. The zero-order chi connectivity index (χ0) is 25.8. The Balaban J connectivity index is 1.96. The van der Waals surface area contributed by atoms with Crippen LogP contribution in [0.15, 0.2) is 64.5 Å². The molecule has 1 aromatic heterocycles. The second kappa shape index (κ2) is 10.6. The number of nitro benzene ring substituents is 1. The Morgan fingerprint density at radius 1 is 0.917 bits per heavy atom. The summed E-state index contributed by atoms with van der Waals surface area (Å²) in [6.07, 6.45) is 0. The summed E-state index contributed by atoms with van der Waals surface area (Å²) >= 11 is 1.32. The van der Waals surface area contributed by atoms with Gasteiger partial charge in [0.25, 0.3) is 11.2 Å². The Labute approximate surface area is 210 Å². The number of hydrogen-bond donors (Lipinski definition) is 0. The SMILES string of the molecule is COc1ccccc1CSc1nc2c(OC)c(OC)c(OC)cc2c(=O)n1-c1ccc([N+](=O)[O-])cc1. The molecule has 11 heteroatoms. The molecule has 0 saturated carbocycles. The third kappa shape index (κ3) is 4.52. The monoisotopic (exact) mass is 509 g/mol. The molecule has 4 rings (SSSR count). The average molecular weight is 510 g/mol. The average Bonchev–Trinajstić information content (AvgIpc) is 2.91. The number of aromatic nitrogens is 2. The number of non-ortho nitro benzene ring substituents is 1. The molecule has 4 aromatic rings. The fraction of sp³-hybridized carbons (Fsp3) is 0.200. The first-order chi connectivity index (χ1) is 17.4. The molecule has 0 N–H and O–H groups in total. The number of para-hydroxylation sites is 1. The molecule has 0 radical (unpaired) electrons. The van der Waals surface area contributed by atoms with Crippen molar-refractivity contribution in [3.63, 3.8) is 0 Å². The zero-order valence-electron chi connectivity index (χ0n) is 20.0. The lowest BCUT2D eigenvalue weighted by molar-refractivity contribution is -0.384. The molecule has 0 saturated heterocycles. The number of benzene rings is 3.